The minimum absolute atomic E-state index is 0.259. The molecule has 0 amide bonds. The molecule has 0 radical (unpaired) electrons. The molecule has 0 aromatic heterocycles. The van der Waals surface area contributed by atoms with Crippen LogP contribution in [0.1, 0.15) is 11.1 Å². The summed E-state index contributed by atoms with van der Waals surface area (Å²) in [7, 11) is 0. The number of fused-ring (bicyclic) bond motifs is 1. The van der Waals surface area contributed by atoms with Crippen molar-refractivity contribution in [3.05, 3.63) is 63.2 Å². The lowest BCUT2D eigenvalue weighted by Crippen LogP contribution is -2.25. The van der Waals surface area contributed by atoms with Crippen LogP contribution >= 0.6 is 0 Å². The zero-order valence-electron chi connectivity index (χ0n) is 12.4. The third kappa shape index (κ3) is 2.94. The molecule has 0 aliphatic carbocycles. The minimum atomic E-state index is -0.866. The summed E-state index contributed by atoms with van der Waals surface area (Å²) in [6, 6.07) is 7.01. The van der Waals surface area contributed by atoms with Gasteiger partial charge in [-0.2, -0.15) is 4.39 Å². The molecule has 1 aliphatic heterocycles. The van der Waals surface area contributed by atoms with Crippen LogP contribution in [0, 0.1) is 28.7 Å². The Bertz CT molecular complexity index is 757. The van der Waals surface area contributed by atoms with E-state index in [4.69, 9.17) is 4.74 Å². The molecule has 0 spiro atoms. The van der Waals surface area contributed by atoms with Gasteiger partial charge in [-0.3, -0.25) is 10.1 Å². The topological polar surface area (TPSA) is 55.6 Å². The minimum Gasteiger partial charge on any atom is -0.491 e. The Morgan fingerprint density at radius 1 is 1.26 bits per heavy atom. The first-order chi connectivity index (χ1) is 11.0. The first kappa shape index (κ1) is 15.2. The van der Waals surface area contributed by atoms with Gasteiger partial charge in [0.05, 0.1) is 11.5 Å². The highest BCUT2D eigenvalue weighted by atomic mass is 19.1. The number of benzene rings is 2. The molecule has 5 nitrogen and oxygen atoms in total. The molecule has 7 heteroatoms. The van der Waals surface area contributed by atoms with Crippen molar-refractivity contribution in [1.29, 1.82) is 0 Å². The maximum absolute atomic E-state index is 14.0. The van der Waals surface area contributed by atoms with E-state index in [0.717, 1.165) is 11.6 Å². The van der Waals surface area contributed by atoms with Gasteiger partial charge in [-0.15, -0.1) is 0 Å². The number of ether oxygens (including phenoxy) is 1. The lowest BCUT2D eigenvalue weighted by Gasteiger charge is -2.22. The molecule has 0 saturated heterocycles. The normalized spacial score (nSPS) is 14.0. The van der Waals surface area contributed by atoms with Crippen LogP contribution in [0.25, 0.3) is 0 Å². The smallest absolute Gasteiger partial charge is 0.307 e. The number of nitrogens with zero attached hydrogens (tertiary/aromatic N) is 2. The van der Waals surface area contributed by atoms with E-state index >= 15 is 0 Å². The molecule has 0 bridgehead atoms. The zero-order valence-corrected chi connectivity index (χ0v) is 12.4. The first-order valence-corrected chi connectivity index (χ1v) is 7.06. The van der Waals surface area contributed by atoms with E-state index in [0.29, 0.717) is 31.1 Å². The molecule has 2 aromatic rings. The van der Waals surface area contributed by atoms with Crippen molar-refractivity contribution in [2.45, 2.75) is 13.5 Å². The molecule has 120 valence electrons. The lowest BCUT2D eigenvalue weighted by atomic mass is 10.1. The Morgan fingerprint density at radius 3 is 2.74 bits per heavy atom. The lowest BCUT2D eigenvalue weighted by molar-refractivity contribution is -0.388. The van der Waals surface area contributed by atoms with Crippen molar-refractivity contribution in [1.82, 2.24) is 0 Å². The molecule has 3 rings (SSSR count). The van der Waals surface area contributed by atoms with Crippen LogP contribution in [-0.2, 0) is 6.54 Å². The molecule has 0 fully saturated rings. The summed E-state index contributed by atoms with van der Waals surface area (Å²) in [5.74, 6) is -0.782. The molecular weight excluding hydrogens is 306 g/mol. The van der Waals surface area contributed by atoms with E-state index in [-0.39, 0.29) is 11.4 Å². The second-order valence-corrected chi connectivity index (χ2v) is 5.37. The van der Waals surface area contributed by atoms with Gasteiger partial charge in [-0.25, -0.2) is 4.39 Å². The predicted molar refractivity (Wildman–Crippen MR) is 80.7 cm³/mol. The number of nitro benzene ring substituents is 1. The van der Waals surface area contributed by atoms with Crippen LogP contribution in [0.3, 0.4) is 0 Å². The van der Waals surface area contributed by atoms with E-state index < -0.39 is 16.4 Å². The van der Waals surface area contributed by atoms with E-state index in [9.17, 15) is 18.9 Å². The van der Waals surface area contributed by atoms with Crippen molar-refractivity contribution >= 4 is 11.4 Å². The van der Waals surface area contributed by atoms with Gasteiger partial charge in [0.15, 0.2) is 0 Å². The number of hydrogen-bond acceptors (Lipinski definition) is 4. The summed E-state index contributed by atoms with van der Waals surface area (Å²) in [4.78, 5) is 12.0. The summed E-state index contributed by atoms with van der Waals surface area (Å²) in [5.41, 5.74) is 1.06. The summed E-state index contributed by atoms with van der Waals surface area (Å²) in [6.07, 6.45) is 0. The van der Waals surface area contributed by atoms with Gasteiger partial charge in [0.1, 0.15) is 18.2 Å². The van der Waals surface area contributed by atoms with Gasteiger partial charge >= 0.3 is 5.69 Å². The average molecular weight is 320 g/mol. The molecule has 0 saturated carbocycles. The third-order valence-corrected chi connectivity index (χ3v) is 3.80. The van der Waals surface area contributed by atoms with Gasteiger partial charge in [-0.1, -0.05) is 6.07 Å². The number of anilines is 1. The second kappa shape index (κ2) is 5.83. The van der Waals surface area contributed by atoms with Gasteiger partial charge in [0, 0.05) is 35.5 Å². The number of rotatable bonds is 2. The highest BCUT2D eigenvalue weighted by molar-refractivity contribution is 5.57. The summed E-state index contributed by atoms with van der Waals surface area (Å²) < 4.78 is 32.8. The summed E-state index contributed by atoms with van der Waals surface area (Å²) in [5, 5.41) is 10.9. The Morgan fingerprint density at radius 2 is 2.04 bits per heavy atom. The summed E-state index contributed by atoms with van der Waals surface area (Å²) in [6.45, 7) is 2.69. The maximum Gasteiger partial charge on any atom is 0.307 e. The quantitative estimate of drug-likeness (QED) is 0.627. The summed E-state index contributed by atoms with van der Waals surface area (Å²) >= 11 is 0. The van der Waals surface area contributed by atoms with Crippen molar-refractivity contribution < 1.29 is 18.4 Å². The van der Waals surface area contributed by atoms with Crippen LogP contribution < -0.4 is 9.64 Å². The van der Waals surface area contributed by atoms with E-state index in [2.05, 4.69) is 0 Å². The fraction of sp³-hybridized carbons (Fsp3) is 0.250. The van der Waals surface area contributed by atoms with Crippen molar-refractivity contribution in [3.8, 4) is 5.75 Å². The van der Waals surface area contributed by atoms with Crippen LogP contribution in [-0.4, -0.2) is 18.1 Å². The van der Waals surface area contributed by atoms with Crippen LogP contribution in [0.5, 0.6) is 5.75 Å². The fourth-order valence-corrected chi connectivity index (χ4v) is 2.70. The number of nitro groups is 1. The molecular formula is C16H14F2N2O3. The predicted octanol–water partition coefficient (Wildman–Crippen LogP) is 3.58. The Kier molecular flexibility index (Phi) is 3.85. The SMILES string of the molecule is Cc1cc(N2CCOc3cc(F)ccc3C2)cc(F)c1[N+](=O)[O-]. The molecule has 1 heterocycles. The van der Waals surface area contributed by atoms with Crippen molar-refractivity contribution in [2.75, 3.05) is 18.1 Å². The second-order valence-electron chi connectivity index (χ2n) is 5.37. The number of aryl methyl sites for hydroxylation is 1. The van der Waals surface area contributed by atoms with Gasteiger partial charge in [-0.05, 0) is 19.1 Å². The van der Waals surface area contributed by atoms with Crippen molar-refractivity contribution in [3.63, 3.8) is 0 Å². The monoisotopic (exact) mass is 320 g/mol. The number of halogens is 2. The number of hydrogen-bond donors (Lipinski definition) is 0. The molecule has 0 unspecified atom stereocenters. The Balaban J connectivity index is 1.96. The van der Waals surface area contributed by atoms with Gasteiger partial charge < -0.3 is 9.64 Å². The molecule has 0 N–H and O–H groups in total. The zero-order chi connectivity index (χ0) is 16.6. The Labute approximate surface area is 131 Å². The van der Waals surface area contributed by atoms with E-state index in [1.807, 2.05) is 4.90 Å². The molecule has 23 heavy (non-hydrogen) atoms. The maximum atomic E-state index is 14.0. The third-order valence-electron chi connectivity index (χ3n) is 3.80. The standard InChI is InChI=1S/C16H14F2N2O3/c1-10-6-13(8-14(18)16(10)20(21)22)19-4-5-23-15-7-12(17)3-2-11(15)9-19/h2-3,6-8H,4-5,9H2,1H3. The van der Waals surface area contributed by atoms with Crippen molar-refractivity contribution in [2.24, 2.45) is 0 Å². The molecule has 0 atom stereocenters. The highest BCUT2D eigenvalue weighted by Crippen LogP contribution is 2.31. The largest absolute Gasteiger partial charge is 0.491 e. The van der Waals surface area contributed by atoms with E-state index in [1.165, 1.54) is 19.1 Å². The van der Waals surface area contributed by atoms with Crippen LogP contribution in [0.4, 0.5) is 20.2 Å². The highest BCUT2D eigenvalue weighted by Gasteiger charge is 2.22. The first-order valence-electron chi connectivity index (χ1n) is 7.06. The Hall–Kier alpha value is -2.70. The molecule has 1 aliphatic rings. The fourth-order valence-electron chi connectivity index (χ4n) is 2.70. The van der Waals surface area contributed by atoms with Gasteiger partial charge in [0.2, 0.25) is 5.82 Å². The van der Waals surface area contributed by atoms with E-state index in [1.54, 1.807) is 12.1 Å². The molecule has 2 aromatic carbocycles. The van der Waals surface area contributed by atoms with Crippen LogP contribution in [0.2, 0.25) is 0 Å². The van der Waals surface area contributed by atoms with Crippen LogP contribution in [0.15, 0.2) is 30.3 Å². The average Bonchev–Trinajstić information content (AvgIpc) is 2.67. The van der Waals surface area contributed by atoms with Gasteiger partial charge in [0.25, 0.3) is 0 Å².